The molecule has 39 heavy (non-hydrogen) atoms. The highest BCUT2D eigenvalue weighted by Gasteiger charge is 2.33. The second-order valence-electron chi connectivity index (χ2n) is 9.43. The summed E-state index contributed by atoms with van der Waals surface area (Å²) in [4.78, 5) is 30.0. The van der Waals surface area contributed by atoms with Gasteiger partial charge in [-0.2, -0.15) is 0 Å². The number of alkyl halides is 3. The molecule has 1 saturated heterocycles. The SMILES string of the molecule is O=C(CN1CCN(C2CC2)CC1)Nc1cc(C(=O)Cc2nnc(-c3ccccc3F)s2)ccc1OC(F)(F)F. The van der Waals surface area contributed by atoms with Crippen molar-refractivity contribution in [2.24, 2.45) is 0 Å². The Bertz CT molecular complexity index is 1350. The van der Waals surface area contributed by atoms with Crippen molar-refractivity contribution in [2.45, 2.75) is 31.7 Å². The molecule has 0 spiro atoms. The molecule has 0 unspecified atom stereocenters. The number of ether oxygens (including phenoxy) is 1. The van der Waals surface area contributed by atoms with Gasteiger partial charge in [0.25, 0.3) is 0 Å². The number of benzene rings is 2. The van der Waals surface area contributed by atoms with E-state index in [1.54, 1.807) is 18.2 Å². The number of hydrogen-bond donors (Lipinski definition) is 1. The van der Waals surface area contributed by atoms with Gasteiger partial charge in [0.05, 0.1) is 18.7 Å². The lowest BCUT2D eigenvalue weighted by atomic mass is 10.1. The third kappa shape index (κ3) is 7.16. The minimum Gasteiger partial charge on any atom is -0.404 e. The van der Waals surface area contributed by atoms with Crippen molar-refractivity contribution >= 4 is 28.7 Å². The third-order valence-corrected chi connectivity index (χ3v) is 7.48. The van der Waals surface area contributed by atoms with Crippen LogP contribution in [0.2, 0.25) is 0 Å². The first kappa shape index (κ1) is 27.2. The van der Waals surface area contributed by atoms with Gasteiger partial charge in [-0.15, -0.1) is 23.4 Å². The standard InChI is InChI=1S/C26H25F4N5O3S/c27-19-4-2-1-3-18(19)25-33-32-24(39-25)14-21(36)16-5-8-22(38-26(28,29)30)20(13-16)31-23(37)15-34-9-11-35(12-10-34)17-6-7-17/h1-5,8,13,17H,6-7,9-12,14-15H2,(H,31,37). The van der Waals surface area contributed by atoms with Crippen molar-refractivity contribution in [3.8, 4) is 16.3 Å². The van der Waals surface area contributed by atoms with Gasteiger partial charge in [-0.25, -0.2) is 4.39 Å². The molecule has 1 aromatic heterocycles. The summed E-state index contributed by atoms with van der Waals surface area (Å²) in [5, 5.41) is 11.0. The highest BCUT2D eigenvalue weighted by atomic mass is 32.1. The van der Waals surface area contributed by atoms with E-state index in [0.29, 0.717) is 29.1 Å². The minimum absolute atomic E-state index is 0.00570. The molecule has 1 aliphatic carbocycles. The van der Waals surface area contributed by atoms with E-state index in [4.69, 9.17) is 0 Å². The summed E-state index contributed by atoms with van der Waals surface area (Å²) in [5.74, 6) is -2.07. The minimum atomic E-state index is -4.99. The number of aromatic nitrogens is 2. The molecule has 0 radical (unpaired) electrons. The Balaban J connectivity index is 1.27. The topological polar surface area (TPSA) is 87.7 Å². The highest BCUT2D eigenvalue weighted by Crippen LogP contribution is 2.33. The van der Waals surface area contributed by atoms with E-state index in [0.717, 1.165) is 36.6 Å². The molecule has 2 heterocycles. The average Bonchev–Trinajstić information content (AvgIpc) is 3.64. The van der Waals surface area contributed by atoms with Crippen LogP contribution in [-0.4, -0.2) is 76.8 Å². The summed E-state index contributed by atoms with van der Waals surface area (Å²) in [6.07, 6.45) is -2.79. The fraction of sp³-hybridized carbons (Fsp3) is 0.385. The van der Waals surface area contributed by atoms with E-state index in [-0.39, 0.29) is 29.8 Å². The molecule has 1 aliphatic heterocycles. The zero-order valence-electron chi connectivity index (χ0n) is 20.7. The van der Waals surface area contributed by atoms with Crippen LogP contribution in [0, 0.1) is 5.82 Å². The van der Waals surface area contributed by atoms with Crippen LogP contribution in [0.4, 0.5) is 23.2 Å². The first-order chi connectivity index (χ1) is 18.6. The molecule has 1 amide bonds. The van der Waals surface area contributed by atoms with Gasteiger partial charge >= 0.3 is 6.36 Å². The number of piperazine rings is 1. The number of nitrogens with one attached hydrogen (secondary N) is 1. The van der Waals surface area contributed by atoms with Crippen molar-refractivity contribution in [3.05, 3.63) is 58.9 Å². The molecule has 0 bridgehead atoms. The number of halogens is 4. The molecule has 2 aliphatic rings. The van der Waals surface area contributed by atoms with E-state index in [1.807, 2.05) is 4.90 Å². The maximum atomic E-state index is 14.1. The van der Waals surface area contributed by atoms with Crippen LogP contribution >= 0.6 is 11.3 Å². The number of carbonyl (C=O) groups is 2. The molecule has 3 aromatic rings. The Kier molecular flexibility index (Phi) is 7.91. The summed E-state index contributed by atoms with van der Waals surface area (Å²) in [5.41, 5.74) is 0.0471. The number of rotatable bonds is 9. The Hall–Kier alpha value is -3.42. The van der Waals surface area contributed by atoms with Crippen LogP contribution < -0.4 is 10.1 Å². The van der Waals surface area contributed by atoms with Crippen LogP contribution in [-0.2, 0) is 11.2 Å². The number of Topliss-reactive ketones (excluding diaryl/α,β-unsaturated/α-hetero) is 1. The predicted octanol–water partition coefficient (Wildman–Crippen LogP) is 4.39. The van der Waals surface area contributed by atoms with Crippen molar-refractivity contribution in [1.29, 1.82) is 0 Å². The number of hydrogen-bond acceptors (Lipinski definition) is 8. The highest BCUT2D eigenvalue weighted by molar-refractivity contribution is 7.14. The summed E-state index contributed by atoms with van der Waals surface area (Å²) < 4.78 is 57.1. The second kappa shape index (κ2) is 11.4. The first-order valence-electron chi connectivity index (χ1n) is 12.4. The normalized spacial score (nSPS) is 16.7. The zero-order chi connectivity index (χ0) is 27.6. The quantitative estimate of drug-likeness (QED) is 0.305. The van der Waals surface area contributed by atoms with Crippen LogP contribution in [0.25, 0.3) is 10.6 Å². The number of nitrogens with zero attached hydrogens (tertiary/aromatic N) is 4. The van der Waals surface area contributed by atoms with E-state index in [2.05, 4.69) is 25.2 Å². The van der Waals surface area contributed by atoms with Gasteiger partial charge in [0.2, 0.25) is 5.91 Å². The van der Waals surface area contributed by atoms with E-state index < -0.39 is 29.6 Å². The fourth-order valence-corrected chi connectivity index (χ4v) is 5.31. The lowest BCUT2D eigenvalue weighted by molar-refractivity contribution is -0.274. The summed E-state index contributed by atoms with van der Waals surface area (Å²) in [6.45, 7) is 3.06. The number of carbonyl (C=O) groups excluding carboxylic acids is 2. The van der Waals surface area contributed by atoms with E-state index in [1.165, 1.54) is 25.0 Å². The molecule has 0 atom stereocenters. The molecule has 1 N–H and O–H groups in total. The molecule has 13 heteroatoms. The molecule has 2 aromatic carbocycles. The molecular weight excluding hydrogens is 538 g/mol. The van der Waals surface area contributed by atoms with Gasteiger partial charge in [-0.3, -0.25) is 19.4 Å². The van der Waals surface area contributed by atoms with Crippen molar-refractivity contribution < 1.29 is 31.9 Å². The monoisotopic (exact) mass is 563 g/mol. The van der Waals surface area contributed by atoms with Gasteiger partial charge < -0.3 is 10.1 Å². The number of ketones is 1. The van der Waals surface area contributed by atoms with Crippen LogP contribution in [0.1, 0.15) is 28.2 Å². The molecule has 2 fully saturated rings. The average molecular weight is 564 g/mol. The molecule has 8 nitrogen and oxygen atoms in total. The van der Waals surface area contributed by atoms with Crippen LogP contribution in [0.15, 0.2) is 42.5 Å². The summed E-state index contributed by atoms with van der Waals surface area (Å²) >= 11 is 1.04. The smallest absolute Gasteiger partial charge is 0.404 e. The van der Waals surface area contributed by atoms with E-state index in [9.17, 15) is 27.2 Å². The van der Waals surface area contributed by atoms with Crippen molar-refractivity contribution in [1.82, 2.24) is 20.0 Å². The Labute approximate surface area is 225 Å². The van der Waals surface area contributed by atoms with Crippen molar-refractivity contribution in [2.75, 3.05) is 38.0 Å². The van der Waals surface area contributed by atoms with Crippen LogP contribution in [0.5, 0.6) is 5.75 Å². The van der Waals surface area contributed by atoms with Crippen molar-refractivity contribution in [3.63, 3.8) is 0 Å². The van der Waals surface area contributed by atoms with E-state index >= 15 is 0 Å². The molecular formula is C26H25F4N5O3S. The van der Waals surface area contributed by atoms with Gasteiger partial charge in [-0.1, -0.05) is 23.5 Å². The van der Waals surface area contributed by atoms with Gasteiger partial charge in [0.1, 0.15) is 10.8 Å². The first-order valence-corrected chi connectivity index (χ1v) is 13.2. The lowest BCUT2D eigenvalue weighted by Gasteiger charge is -2.34. The second-order valence-corrected chi connectivity index (χ2v) is 10.5. The maximum absolute atomic E-state index is 14.1. The zero-order valence-corrected chi connectivity index (χ0v) is 21.5. The van der Waals surface area contributed by atoms with Gasteiger partial charge in [0.15, 0.2) is 16.5 Å². The Morgan fingerprint density at radius 2 is 1.79 bits per heavy atom. The Morgan fingerprint density at radius 3 is 2.49 bits per heavy atom. The molecule has 1 saturated carbocycles. The van der Waals surface area contributed by atoms with Gasteiger partial charge in [0, 0.05) is 43.3 Å². The number of amides is 1. The molecule has 5 rings (SSSR count). The largest absolute Gasteiger partial charge is 0.573 e. The van der Waals surface area contributed by atoms with Crippen LogP contribution in [0.3, 0.4) is 0 Å². The maximum Gasteiger partial charge on any atom is 0.573 e. The Morgan fingerprint density at radius 1 is 1.05 bits per heavy atom. The van der Waals surface area contributed by atoms with Gasteiger partial charge in [-0.05, 0) is 43.2 Å². The summed E-state index contributed by atoms with van der Waals surface area (Å²) in [7, 11) is 0. The number of anilines is 1. The molecule has 206 valence electrons. The fourth-order valence-electron chi connectivity index (χ4n) is 4.44. The summed E-state index contributed by atoms with van der Waals surface area (Å²) in [6, 6.07) is 10.0. The third-order valence-electron chi connectivity index (χ3n) is 6.52. The lowest BCUT2D eigenvalue weighted by Crippen LogP contribution is -2.49. The predicted molar refractivity (Wildman–Crippen MR) is 136 cm³/mol.